The topological polar surface area (TPSA) is 88.9 Å². The van der Waals surface area contributed by atoms with Crippen LogP contribution in [0, 0.1) is 6.92 Å². The van der Waals surface area contributed by atoms with Crippen LogP contribution >= 0.6 is 11.6 Å². The van der Waals surface area contributed by atoms with Crippen LogP contribution < -0.4 is 10.6 Å². The third-order valence-corrected chi connectivity index (χ3v) is 4.23. The summed E-state index contributed by atoms with van der Waals surface area (Å²) in [4.78, 5) is 28.7. The number of aromatic nitrogens is 3. The number of nitrogens with one attached hydrogen (secondary N) is 2. The van der Waals surface area contributed by atoms with Crippen LogP contribution in [0.5, 0.6) is 0 Å². The Balaban J connectivity index is 1.73. The second-order valence-electron chi connectivity index (χ2n) is 5.97. The predicted molar refractivity (Wildman–Crippen MR) is 102 cm³/mol. The molecule has 0 spiro atoms. The molecule has 2 amide bonds. The maximum Gasteiger partial charge on any atom is 0.313 e. The third-order valence-electron chi connectivity index (χ3n) is 4.00. The van der Waals surface area contributed by atoms with Gasteiger partial charge in [-0.3, -0.25) is 14.3 Å². The van der Waals surface area contributed by atoms with Gasteiger partial charge in [-0.1, -0.05) is 48.0 Å². The molecule has 0 radical (unpaired) electrons. The van der Waals surface area contributed by atoms with Gasteiger partial charge in [-0.15, -0.1) is 0 Å². The highest BCUT2D eigenvalue weighted by atomic mass is 35.5. The van der Waals surface area contributed by atoms with Gasteiger partial charge in [0, 0.05) is 10.7 Å². The Hall–Kier alpha value is -3.19. The molecule has 2 aromatic carbocycles. The van der Waals surface area contributed by atoms with E-state index in [0.29, 0.717) is 17.3 Å². The normalized spacial score (nSPS) is 11.6. The first kappa shape index (κ1) is 18.6. The van der Waals surface area contributed by atoms with Crippen molar-refractivity contribution in [1.29, 1.82) is 0 Å². The second kappa shape index (κ2) is 8.46. The number of carbonyl (C=O) groups excluding carboxylic acids is 2. The van der Waals surface area contributed by atoms with Crippen molar-refractivity contribution in [3.8, 4) is 0 Å². The number of aryl methyl sites for hydroxylation is 1. The molecular formula is C19H18ClN5O2. The molecule has 1 unspecified atom stereocenters. The van der Waals surface area contributed by atoms with Gasteiger partial charge in [0.25, 0.3) is 0 Å². The van der Waals surface area contributed by atoms with Gasteiger partial charge < -0.3 is 10.6 Å². The van der Waals surface area contributed by atoms with Crippen molar-refractivity contribution in [2.45, 2.75) is 19.5 Å². The second-order valence-corrected chi connectivity index (χ2v) is 6.40. The molecule has 7 nitrogen and oxygen atoms in total. The van der Waals surface area contributed by atoms with Gasteiger partial charge in [0.05, 0.1) is 12.6 Å². The average Bonchev–Trinajstić information content (AvgIpc) is 3.18. The molecule has 0 aliphatic carbocycles. The van der Waals surface area contributed by atoms with Crippen molar-refractivity contribution >= 4 is 29.1 Å². The molecule has 2 N–H and O–H groups in total. The molecule has 3 rings (SSSR count). The molecule has 8 heteroatoms. The molecule has 3 aromatic rings. The van der Waals surface area contributed by atoms with Crippen molar-refractivity contribution in [2.75, 3.05) is 5.32 Å². The summed E-state index contributed by atoms with van der Waals surface area (Å²) in [6.45, 7) is 2.17. The summed E-state index contributed by atoms with van der Waals surface area (Å²) in [5.74, 6) is -1.51. The number of carbonyl (C=O) groups is 2. The molecule has 1 atom stereocenters. The van der Waals surface area contributed by atoms with Gasteiger partial charge in [-0.2, -0.15) is 5.10 Å². The summed E-state index contributed by atoms with van der Waals surface area (Å²) in [6.07, 6.45) is 2.97. The van der Waals surface area contributed by atoms with Crippen molar-refractivity contribution in [3.05, 3.63) is 77.3 Å². The van der Waals surface area contributed by atoms with Gasteiger partial charge in [0.2, 0.25) is 0 Å². The number of rotatable bonds is 5. The Labute approximate surface area is 161 Å². The summed E-state index contributed by atoms with van der Waals surface area (Å²) in [5, 5.41) is 9.89. The highest BCUT2D eigenvalue weighted by Crippen LogP contribution is 2.20. The first-order valence-electron chi connectivity index (χ1n) is 8.28. The van der Waals surface area contributed by atoms with Crippen molar-refractivity contribution < 1.29 is 9.59 Å². The van der Waals surface area contributed by atoms with Crippen LogP contribution in [0.2, 0.25) is 5.02 Å². The number of anilines is 1. The maximum atomic E-state index is 12.5. The number of hydrogen-bond acceptors (Lipinski definition) is 4. The van der Waals surface area contributed by atoms with E-state index in [1.807, 2.05) is 37.3 Å². The highest BCUT2D eigenvalue weighted by molar-refractivity contribution is 6.40. The van der Waals surface area contributed by atoms with E-state index in [0.717, 1.165) is 11.1 Å². The van der Waals surface area contributed by atoms with E-state index in [1.54, 1.807) is 29.2 Å². The van der Waals surface area contributed by atoms with E-state index in [4.69, 9.17) is 11.6 Å². The van der Waals surface area contributed by atoms with Gasteiger partial charge in [-0.25, -0.2) is 4.98 Å². The molecule has 0 aliphatic rings. The van der Waals surface area contributed by atoms with Crippen LogP contribution in [0.3, 0.4) is 0 Å². The van der Waals surface area contributed by atoms with Crippen LogP contribution in [0.25, 0.3) is 0 Å². The van der Waals surface area contributed by atoms with E-state index in [9.17, 15) is 9.59 Å². The fourth-order valence-electron chi connectivity index (χ4n) is 2.57. The Bertz CT molecular complexity index is 929. The zero-order valence-electron chi connectivity index (χ0n) is 14.6. The number of benzene rings is 2. The highest BCUT2D eigenvalue weighted by Gasteiger charge is 2.21. The lowest BCUT2D eigenvalue weighted by Gasteiger charge is -2.19. The van der Waals surface area contributed by atoms with Crippen LogP contribution in [-0.4, -0.2) is 26.6 Å². The zero-order chi connectivity index (χ0) is 19.2. The van der Waals surface area contributed by atoms with E-state index < -0.39 is 17.9 Å². The fourth-order valence-corrected chi connectivity index (χ4v) is 2.74. The van der Waals surface area contributed by atoms with Gasteiger partial charge in [0.15, 0.2) is 0 Å². The fraction of sp³-hybridized carbons (Fsp3) is 0.158. The lowest BCUT2D eigenvalue weighted by molar-refractivity contribution is -0.136. The summed E-state index contributed by atoms with van der Waals surface area (Å²) in [6, 6.07) is 14.0. The Morgan fingerprint density at radius 1 is 1.15 bits per heavy atom. The molecule has 0 bridgehead atoms. The monoisotopic (exact) mass is 383 g/mol. The molecule has 1 heterocycles. The standard InChI is InChI=1S/C19H18ClN5O2/c1-13-7-8-15(20)9-16(13)23-18(26)19(27)24-17(10-25-12-21-11-22-25)14-5-3-2-4-6-14/h2-9,11-12,17H,10H2,1H3,(H,23,26)(H,24,27). The smallest absolute Gasteiger partial charge is 0.313 e. The van der Waals surface area contributed by atoms with E-state index >= 15 is 0 Å². The lowest BCUT2D eigenvalue weighted by atomic mass is 10.1. The SMILES string of the molecule is Cc1ccc(Cl)cc1NC(=O)C(=O)NC(Cn1cncn1)c1ccccc1. The van der Waals surface area contributed by atoms with E-state index in [-0.39, 0.29) is 0 Å². The first-order chi connectivity index (χ1) is 13.0. The molecule has 0 aliphatic heterocycles. The third kappa shape index (κ3) is 4.92. The van der Waals surface area contributed by atoms with Gasteiger partial charge in [0.1, 0.15) is 12.7 Å². The van der Waals surface area contributed by atoms with E-state index in [2.05, 4.69) is 20.7 Å². The summed E-state index contributed by atoms with van der Waals surface area (Å²) in [5.41, 5.74) is 2.16. The minimum absolute atomic E-state index is 0.346. The van der Waals surface area contributed by atoms with Crippen molar-refractivity contribution in [2.24, 2.45) is 0 Å². The summed E-state index contributed by atoms with van der Waals surface area (Å²) in [7, 11) is 0. The van der Waals surface area contributed by atoms with Gasteiger partial charge >= 0.3 is 11.8 Å². The van der Waals surface area contributed by atoms with Crippen LogP contribution in [0.1, 0.15) is 17.2 Å². The Morgan fingerprint density at radius 3 is 2.63 bits per heavy atom. The first-order valence-corrected chi connectivity index (χ1v) is 8.66. The number of halogens is 1. The molecule has 0 saturated carbocycles. The molecular weight excluding hydrogens is 366 g/mol. The van der Waals surface area contributed by atoms with E-state index in [1.165, 1.54) is 6.33 Å². The lowest BCUT2D eigenvalue weighted by Crippen LogP contribution is -2.39. The number of nitrogens with zero attached hydrogens (tertiary/aromatic N) is 3. The minimum Gasteiger partial charge on any atom is -0.339 e. The molecule has 0 saturated heterocycles. The van der Waals surface area contributed by atoms with Crippen LogP contribution in [0.15, 0.2) is 61.2 Å². The number of hydrogen-bond donors (Lipinski definition) is 2. The Morgan fingerprint density at radius 2 is 1.93 bits per heavy atom. The average molecular weight is 384 g/mol. The molecule has 1 aromatic heterocycles. The Kier molecular flexibility index (Phi) is 5.83. The van der Waals surface area contributed by atoms with Crippen molar-refractivity contribution in [1.82, 2.24) is 20.1 Å². The van der Waals surface area contributed by atoms with Gasteiger partial charge in [-0.05, 0) is 30.2 Å². The maximum absolute atomic E-state index is 12.5. The van der Waals surface area contributed by atoms with Crippen molar-refractivity contribution in [3.63, 3.8) is 0 Å². The predicted octanol–water partition coefficient (Wildman–Crippen LogP) is 2.74. The largest absolute Gasteiger partial charge is 0.339 e. The quantitative estimate of drug-likeness (QED) is 0.663. The minimum atomic E-state index is -0.764. The molecule has 138 valence electrons. The summed E-state index contributed by atoms with van der Waals surface area (Å²) >= 11 is 5.96. The van der Waals surface area contributed by atoms with Crippen LogP contribution in [0.4, 0.5) is 5.69 Å². The van der Waals surface area contributed by atoms with Crippen LogP contribution in [-0.2, 0) is 16.1 Å². The zero-order valence-corrected chi connectivity index (χ0v) is 15.3. The molecule has 0 fully saturated rings. The number of amides is 2. The molecule has 27 heavy (non-hydrogen) atoms. The summed E-state index contributed by atoms with van der Waals surface area (Å²) < 4.78 is 1.59.